The topological polar surface area (TPSA) is 133 Å². The molecule has 0 atom stereocenters. The fourth-order valence-corrected chi connectivity index (χ4v) is 7.29. The summed E-state index contributed by atoms with van der Waals surface area (Å²) in [5, 5.41) is 0. The van der Waals surface area contributed by atoms with Crippen molar-refractivity contribution >= 4 is 32.0 Å². The number of likely N-dealkylation sites (N-methyl/N-ethyl adjacent to an activating group) is 1. The van der Waals surface area contributed by atoms with Gasteiger partial charge in [-0.15, -0.1) is 3.71 Å². The van der Waals surface area contributed by atoms with E-state index in [4.69, 9.17) is 4.74 Å². The predicted molar refractivity (Wildman–Crippen MR) is 126 cm³/mol. The molecule has 0 N–H and O–H groups in total. The molecule has 1 aromatic heterocycles. The normalized spacial score (nSPS) is 15.5. The number of aromatic nitrogens is 2. The highest BCUT2D eigenvalue weighted by molar-refractivity contribution is 8.08. The summed E-state index contributed by atoms with van der Waals surface area (Å²) >= 11 is 0. The maximum Gasteiger partial charge on any atom is 0.318 e. The van der Waals surface area contributed by atoms with Gasteiger partial charge in [0.25, 0.3) is 10.0 Å². The van der Waals surface area contributed by atoms with Crippen molar-refractivity contribution in [3.05, 3.63) is 47.8 Å². The van der Waals surface area contributed by atoms with E-state index < -0.39 is 49.0 Å². The van der Waals surface area contributed by atoms with Crippen LogP contribution >= 0.6 is 0 Å². The third kappa shape index (κ3) is 6.05. The number of piperazine rings is 1. The number of halogens is 2. The molecule has 1 aliphatic rings. The summed E-state index contributed by atoms with van der Waals surface area (Å²) in [6.07, 6.45) is 0.916. The Kier molecular flexibility index (Phi) is 8.43. The molecule has 198 valence electrons. The van der Waals surface area contributed by atoms with Gasteiger partial charge in [-0.2, -0.15) is 12.7 Å². The Labute approximate surface area is 208 Å². The molecule has 1 saturated heterocycles. The minimum Gasteiger partial charge on any atom is -0.481 e. The number of carbonyl (C=O) groups is 1. The Hall–Kier alpha value is -2.95. The van der Waals surface area contributed by atoms with Crippen LogP contribution in [0.25, 0.3) is 0 Å². The quantitative estimate of drug-likeness (QED) is 0.426. The first-order valence-electron chi connectivity index (χ1n) is 10.6. The van der Waals surface area contributed by atoms with Crippen LogP contribution in [0.4, 0.5) is 14.6 Å². The fourth-order valence-electron chi connectivity index (χ4n) is 3.42. The van der Waals surface area contributed by atoms with Gasteiger partial charge in [0.05, 0.1) is 19.4 Å². The lowest BCUT2D eigenvalue weighted by Gasteiger charge is -2.36. The summed E-state index contributed by atoms with van der Waals surface area (Å²) in [5.41, 5.74) is -0.553. The monoisotopic (exact) mass is 548 g/mol. The van der Waals surface area contributed by atoms with Gasteiger partial charge in [-0.25, -0.2) is 27.2 Å². The number of hydrogen-bond acceptors (Lipinski definition) is 9. The number of ether oxygens (including phenoxy) is 1. The maximum absolute atomic E-state index is 14.3. The van der Waals surface area contributed by atoms with Crippen LogP contribution in [-0.4, -0.2) is 101 Å². The van der Waals surface area contributed by atoms with Gasteiger partial charge in [0.1, 0.15) is 6.33 Å². The number of anilines is 1. The molecule has 0 unspecified atom stereocenters. The number of benzene rings is 1. The molecule has 0 spiro atoms. The lowest BCUT2D eigenvalue weighted by molar-refractivity contribution is -0.130. The minimum atomic E-state index is -4.87. The predicted octanol–water partition coefficient (Wildman–Crippen LogP) is 0.0504. The molecule has 1 amide bonds. The summed E-state index contributed by atoms with van der Waals surface area (Å²) in [7, 11) is -5.20. The Balaban J connectivity index is 1.96. The number of methoxy groups -OCH3 is 1. The van der Waals surface area contributed by atoms with Crippen LogP contribution in [0, 0.1) is 11.6 Å². The minimum absolute atomic E-state index is 0.0743. The molecule has 16 heteroatoms. The molecule has 12 nitrogen and oxygen atoms in total. The molecule has 0 aliphatic carbocycles. The van der Waals surface area contributed by atoms with Gasteiger partial charge in [0.15, 0.2) is 17.5 Å². The van der Waals surface area contributed by atoms with Crippen molar-refractivity contribution in [2.24, 2.45) is 0 Å². The van der Waals surface area contributed by atoms with Crippen molar-refractivity contribution in [3.8, 4) is 5.88 Å². The molecular weight excluding hydrogens is 522 g/mol. The Bertz CT molecular complexity index is 1320. The van der Waals surface area contributed by atoms with Gasteiger partial charge in [0.2, 0.25) is 11.8 Å². The molecule has 2 aromatic rings. The fraction of sp³-hybridized carbons (Fsp3) is 0.450. The second kappa shape index (κ2) is 11.0. The first-order valence-corrected chi connectivity index (χ1v) is 13.6. The van der Waals surface area contributed by atoms with Crippen LogP contribution in [0.15, 0.2) is 30.6 Å². The Morgan fingerprint density at radius 1 is 1.08 bits per heavy atom. The van der Waals surface area contributed by atoms with Gasteiger partial charge in [-0.3, -0.25) is 9.69 Å². The number of hydrogen-bond donors (Lipinski definition) is 0. The van der Waals surface area contributed by atoms with E-state index >= 15 is 0 Å². The molecule has 36 heavy (non-hydrogen) atoms. The second-order valence-electron chi connectivity index (χ2n) is 8.06. The average molecular weight is 549 g/mol. The molecule has 2 heterocycles. The highest BCUT2D eigenvalue weighted by Gasteiger charge is 2.41. The smallest absolute Gasteiger partial charge is 0.318 e. The molecule has 1 aromatic carbocycles. The first kappa shape index (κ1) is 27.6. The van der Waals surface area contributed by atoms with Gasteiger partial charge < -0.3 is 9.64 Å². The zero-order chi connectivity index (χ0) is 26.7. The zero-order valence-electron chi connectivity index (χ0n) is 19.8. The van der Waals surface area contributed by atoms with Crippen molar-refractivity contribution in [1.29, 1.82) is 0 Å². The van der Waals surface area contributed by atoms with E-state index in [-0.39, 0.29) is 48.2 Å². The molecule has 1 aliphatic heterocycles. The van der Waals surface area contributed by atoms with E-state index in [1.165, 1.54) is 12.0 Å². The van der Waals surface area contributed by atoms with E-state index in [0.717, 1.165) is 34.9 Å². The Morgan fingerprint density at radius 2 is 1.75 bits per heavy atom. The third-order valence-electron chi connectivity index (χ3n) is 5.37. The summed E-state index contributed by atoms with van der Waals surface area (Å²) in [6, 6.07) is 3.98. The number of sulfonamides is 1. The lowest BCUT2D eigenvalue weighted by atomic mass is 10.2. The average Bonchev–Trinajstić information content (AvgIpc) is 2.82. The van der Waals surface area contributed by atoms with E-state index in [2.05, 4.69) is 9.97 Å². The van der Waals surface area contributed by atoms with Gasteiger partial charge >= 0.3 is 10.2 Å². The van der Waals surface area contributed by atoms with Crippen molar-refractivity contribution in [1.82, 2.24) is 24.1 Å². The van der Waals surface area contributed by atoms with Crippen LogP contribution in [0.1, 0.15) is 5.56 Å². The van der Waals surface area contributed by atoms with Crippen LogP contribution < -0.4 is 8.45 Å². The van der Waals surface area contributed by atoms with Crippen molar-refractivity contribution in [2.75, 3.05) is 57.6 Å². The van der Waals surface area contributed by atoms with Gasteiger partial charge in [-0.05, 0) is 6.07 Å². The zero-order valence-corrected chi connectivity index (χ0v) is 21.5. The SMILES string of the molecule is COc1cc(N(S(=O)(=O)Cc2cccc(F)c2F)S(=O)(=O)N2CCN(CC(=O)N(C)C)CC2)ncn1. The van der Waals surface area contributed by atoms with Crippen LogP contribution in [0.2, 0.25) is 0 Å². The lowest BCUT2D eigenvalue weighted by Crippen LogP contribution is -2.55. The van der Waals surface area contributed by atoms with Crippen molar-refractivity contribution in [3.63, 3.8) is 0 Å². The number of rotatable bonds is 9. The van der Waals surface area contributed by atoms with Crippen LogP contribution in [-0.2, 0) is 30.8 Å². The van der Waals surface area contributed by atoms with Gasteiger partial charge in [-0.1, -0.05) is 12.1 Å². The number of amides is 1. The summed E-state index contributed by atoms with van der Waals surface area (Å²) in [5.74, 6) is -4.66. The largest absolute Gasteiger partial charge is 0.481 e. The molecule has 0 saturated carbocycles. The molecule has 0 bridgehead atoms. The summed E-state index contributed by atoms with van der Waals surface area (Å²) in [4.78, 5) is 22.7. The summed E-state index contributed by atoms with van der Waals surface area (Å²) in [6.45, 7) is 0.165. The van der Waals surface area contributed by atoms with Crippen molar-refractivity contribution < 1.29 is 35.1 Å². The summed E-state index contributed by atoms with van der Waals surface area (Å²) < 4.78 is 88.0. The molecule has 3 rings (SSSR count). The highest BCUT2D eigenvalue weighted by Crippen LogP contribution is 2.28. The van der Waals surface area contributed by atoms with Gasteiger partial charge in [0, 0.05) is 51.9 Å². The van der Waals surface area contributed by atoms with Crippen LogP contribution in [0.3, 0.4) is 0 Å². The number of nitrogens with zero attached hydrogens (tertiary/aromatic N) is 6. The van der Waals surface area contributed by atoms with E-state index in [1.54, 1.807) is 19.0 Å². The maximum atomic E-state index is 14.3. The number of carbonyl (C=O) groups excluding carboxylic acids is 1. The standard InChI is InChI=1S/C20H26F2N6O6S2/c1-25(2)19(29)12-26-7-9-27(10-8-26)36(32,33)28(17-11-18(34-3)24-14-23-17)35(30,31)13-15-5-4-6-16(21)20(15)22/h4-6,11,14H,7-10,12-13H2,1-3H3. The van der Waals surface area contributed by atoms with Crippen LogP contribution in [0.5, 0.6) is 5.88 Å². The highest BCUT2D eigenvalue weighted by atomic mass is 32.3. The second-order valence-corrected chi connectivity index (χ2v) is 11.9. The molecule has 0 radical (unpaired) electrons. The first-order chi connectivity index (χ1) is 16.9. The third-order valence-corrected chi connectivity index (χ3v) is 9.61. The van der Waals surface area contributed by atoms with Crippen molar-refractivity contribution in [2.45, 2.75) is 5.75 Å². The van der Waals surface area contributed by atoms with E-state index in [1.807, 2.05) is 0 Å². The molecule has 1 fully saturated rings. The molecular formula is C20H26F2N6O6S2. The Morgan fingerprint density at radius 3 is 2.36 bits per heavy atom. The van der Waals surface area contributed by atoms with E-state index in [9.17, 15) is 30.4 Å². The van der Waals surface area contributed by atoms with E-state index in [0.29, 0.717) is 0 Å².